The summed E-state index contributed by atoms with van der Waals surface area (Å²) in [6.07, 6.45) is 1.83. The first-order chi connectivity index (χ1) is 11.0. The number of hydrogen-bond acceptors (Lipinski definition) is 3. The summed E-state index contributed by atoms with van der Waals surface area (Å²) in [5.74, 6) is -0.178. The van der Waals surface area contributed by atoms with Crippen LogP contribution < -0.4 is 4.90 Å². The van der Waals surface area contributed by atoms with Gasteiger partial charge in [0.05, 0.1) is 15.6 Å². The van der Waals surface area contributed by atoms with Crippen LogP contribution in [0.1, 0.15) is 5.56 Å². The Hall–Kier alpha value is -0.600. The fraction of sp³-hybridized carbons (Fsp3) is 0. The van der Waals surface area contributed by atoms with Gasteiger partial charge in [-0.2, -0.15) is 0 Å². The van der Waals surface area contributed by atoms with Crippen molar-refractivity contribution in [1.82, 2.24) is 0 Å². The first-order valence-corrected chi connectivity index (χ1v) is 9.50. The third kappa shape index (κ3) is 3.74. The number of nitrogens with zero attached hydrogens (tertiary/aromatic N) is 1. The number of thiocarbonyl (C=S) groups is 1. The molecule has 0 unspecified atom stereocenters. The molecule has 0 aliphatic carbocycles. The van der Waals surface area contributed by atoms with Gasteiger partial charge < -0.3 is 0 Å². The summed E-state index contributed by atoms with van der Waals surface area (Å²) in [7, 11) is 0. The lowest BCUT2D eigenvalue weighted by Gasteiger charge is -2.16. The van der Waals surface area contributed by atoms with Gasteiger partial charge in [0.15, 0.2) is 4.32 Å². The molecule has 2 aromatic carbocycles. The van der Waals surface area contributed by atoms with E-state index in [1.54, 1.807) is 18.2 Å². The SMILES string of the molecule is O=C1/C(=C\c2ccc(I)cc2)SC(=S)N1c1ccc(Cl)cc1Cl. The van der Waals surface area contributed by atoms with E-state index in [2.05, 4.69) is 22.6 Å². The minimum absolute atomic E-state index is 0.178. The van der Waals surface area contributed by atoms with Gasteiger partial charge in [0.25, 0.3) is 5.91 Å². The number of amides is 1. The Morgan fingerprint density at radius 2 is 1.83 bits per heavy atom. The van der Waals surface area contributed by atoms with E-state index in [1.165, 1.54) is 16.7 Å². The molecule has 1 heterocycles. The van der Waals surface area contributed by atoms with Crippen molar-refractivity contribution in [3.63, 3.8) is 0 Å². The lowest BCUT2D eigenvalue weighted by Crippen LogP contribution is -2.27. The first kappa shape index (κ1) is 17.2. The molecule has 2 aromatic rings. The molecule has 0 saturated carbocycles. The van der Waals surface area contributed by atoms with E-state index in [0.29, 0.717) is 25.0 Å². The van der Waals surface area contributed by atoms with Crippen molar-refractivity contribution in [2.45, 2.75) is 0 Å². The summed E-state index contributed by atoms with van der Waals surface area (Å²) in [6, 6.07) is 12.9. The smallest absolute Gasteiger partial charge is 0.268 e. The van der Waals surface area contributed by atoms with Crippen LogP contribution in [0.3, 0.4) is 0 Å². The molecule has 0 atom stereocenters. The summed E-state index contributed by atoms with van der Waals surface area (Å²) in [4.78, 5) is 14.7. The standard InChI is InChI=1S/C16H8Cl2INOS2/c17-10-3-6-13(12(18)8-10)20-15(21)14(23-16(20)22)7-9-1-4-11(19)5-2-9/h1-8H/b14-7+. The van der Waals surface area contributed by atoms with Crippen LogP contribution in [0.15, 0.2) is 47.4 Å². The number of rotatable bonds is 2. The second kappa shape index (κ2) is 7.11. The van der Waals surface area contributed by atoms with Crippen LogP contribution >= 0.6 is 69.8 Å². The van der Waals surface area contributed by atoms with Crippen LogP contribution in [-0.2, 0) is 4.79 Å². The summed E-state index contributed by atoms with van der Waals surface area (Å²) >= 11 is 20.9. The summed E-state index contributed by atoms with van der Waals surface area (Å²) in [6.45, 7) is 0. The van der Waals surface area contributed by atoms with Crippen molar-refractivity contribution in [2.75, 3.05) is 4.90 Å². The molecule has 0 aromatic heterocycles. The van der Waals surface area contributed by atoms with Crippen molar-refractivity contribution >= 4 is 91.8 Å². The maximum absolute atomic E-state index is 12.7. The van der Waals surface area contributed by atoms with E-state index in [-0.39, 0.29) is 5.91 Å². The largest absolute Gasteiger partial charge is 0.270 e. The minimum Gasteiger partial charge on any atom is -0.268 e. The molecule has 3 rings (SSSR count). The van der Waals surface area contributed by atoms with Gasteiger partial charge >= 0.3 is 0 Å². The normalized spacial score (nSPS) is 16.5. The first-order valence-electron chi connectivity index (χ1n) is 6.44. The molecule has 1 amide bonds. The molecule has 116 valence electrons. The average molecular weight is 492 g/mol. The highest BCUT2D eigenvalue weighted by Crippen LogP contribution is 2.39. The monoisotopic (exact) mass is 491 g/mol. The number of carbonyl (C=O) groups excluding carboxylic acids is 1. The minimum atomic E-state index is -0.178. The summed E-state index contributed by atoms with van der Waals surface area (Å²) < 4.78 is 1.59. The highest BCUT2D eigenvalue weighted by molar-refractivity contribution is 14.1. The number of benzene rings is 2. The summed E-state index contributed by atoms with van der Waals surface area (Å²) in [5, 5.41) is 0.905. The molecule has 0 N–H and O–H groups in total. The number of halogens is 3. The van der Waals surface area contributed by atoms with E-state index >= 15 is 0 Å². The van der Waals surface area contributed by atoms with Crippen molar-refractivity contribution in [3.05, 3.63) is 66.5 Å². The van der Waals surface area contributed by atoms with E-state index in [4.69, 9.17) is 35.4 Å². The van der Waals surface area contributed by atoms with Gasteiger partial charge in [-0.3, -0.25) is 9.69 Å². The molecular formula is C16H8Cl2INOS2. The summed E-state index contributed by atoms with van der Waals surface area (Å²) in [5.41, 5.74) is 1.50. The maximum atomic E-state index is 12.7. The predicted molar refractivity (Wildman–Crippen MR) is 111 cm³/mol. The van der Waals surface area contributed by atoms with Crippen LogP contribution in [0.4, 0.5) is 5.69 Å². The van der Waals surface area contributed by atoms with Gasteiger partial charge in [0, 0.05) is 8.59 Å². The lowest BCUT2D eigenvalue weighted by molar-refractivity contribution is -0.113. The lowest BCUT2D eigenvalue weighted by atomic mass is 10.2. The third-order valence-corrected chi connectivity index (χ3v) is 5.67. The fourth-order valence-electron chi connectivity index (χ4n) is 2.05. The van der Waals surface area contributed by atoms with Crippen molar-refractivity contribution in [2.24, 2.45) is 0 Å². The van der Waals surface area contributed by atoms with Gasteiger partial charge in [-0.05, 0) is 64.6 Å². The predicted octanol–water partition coefficient (Wildman–Crippen LogP) is 6.00. The number of hydrogen-bond donors (Lipinski definition) is 0. The van der Waals surface area contributed by atoms with Gasteiger partial charge in [-0.25, -0.2) is 0 Å². The molecule has 1 fully saturated rings. The molecule has 0 spiro atoms. The van der Waals surface area contributed by atoms with E-state index in [1.807, 2.05) is 30.3 Å². The Kier molecular flexibility index (Phi) is 5.32. The Morgan fingerprint density at radius 3 is 2.48 bits per heavy atom. The van der Waals surface area contributed by atoms with E-state index in [9.17, 15) is 4.79 Å². The van der Waals surface area contributed by atoms with Crippen LogP contribution in [0.5, 0.6) is 0 Å². The molecule has 1 aliphatic heterocycles. The third-order valence-electron chi connectivity index (χ3n) is 3.11. The molecule has 1 aliphatic rings. The quantitative estimate of drug-likeness (QED) is 0.291. The van der Waals surface area contributed by atoms with Crippen molar-refractivity contribution in [1.29, 1.82) is 0 Å². The number of carbonyl (C=O) groups is 1. The molecule has 2 nitrogen and oxygen atoms in total. The van der Waals surface area contributed by atoms with Crippen molar-refractivity contribution < 1.29 is 4.79 Å². The molecular weight excluding hydrogens is 484 g/mol. The second-order valence-electron chi connectivity index (χ2n) is 4.66. The second-order valence-corrected chi connectivity index (χ2v) is 8.43. The van der Waals surface area contributed by atoms with Crippen LogP contribution in [0.2, 0.25) is 10.0 Å². The van der Waals surface area contributed by atoms with Crippen molar-refractivity contribution in [3.8, 4) is 0 Å². The number of thioether (sulfide) groups is 1. The topological polar surface area (TPSA) is 20.3 Å². The molecule has 1 saturated heterocycles. The van der Waals surface area contributed by atoms with E-state index < -0.39 is 0 Å². The molecule has 23 heavy (non-hydrogen) atoms. The Bertz CT molecular complexity index is 836. The van der Waals surface area contributed by atoms with Gasteiger partial charge in [0.1, 0.15) is 0 Å². The van der Waals surface area contributed by atoms with Crippen LogP contribution in [0, 0.1) is 3.57 Å². The van der Waals surface area contributed by atoms with Crippen LogP contribution in [-0.4, -0.2) is 10.2 Å². The van der Waals surface area contributed by atoms with Gasteiger partial charge in [0.2, 0.25) is 0 Å². The Balaban J connectivity index is 1.95. The van der Waals surface area contributed by atoms with Gasteiger partial charge in [-0.1, -0.05) is 59.3 Å². The molecule has 0 radical (unpaired) electrons. The zero-order valence-electron chi connectivity index (χ0n) is 11.4. The van der Waals surface area contributed by atoms with E-state index in [0.717, 1.165) is 9.13 Å². The Labute approximate surface area is 167 Å². The highest BCUT2D eigenvalue weighted by atomic mass is 127. The molecule has 0 bridgehead atoms. The zero-order valence-corrected chi connectivity index (χ0v) is 16.7. The highest BCUT2D eigenvalue weighted by Gasteiger charge is 2.34. The molecule has 7 heteroatoms. The Morgan fingerprint density at radius 1 is 1.13 bits per heavy atom. The zero-order chi connectivity index (χ0) is 16.6. The number of anilines is 1. The van der Waals surface area contributed by atoms with Crippen LogP contribution in [0.25, 0.3) is 6.08 Å². The fourth-order valence-corrected chi connectivity index (χ4v) is 4.19. The average Bonchev–Trinajstić information content (AvgIpc) is 2.77. The maximum Gasteiger partial charge on any atom is 0.270 e. The van der Waals surface area contributed by atoms with Gasteiger partial charge in [-0.15, -0.1) is 0 Å².